The van der Waals surface area contributed by atoms with Gasteiger partial charge >= 0.3 is 11.9 Å². The summed E-state index contributed by atoms with van der Waals surface area (Å²) in [7, 11) is 0. The molecule has 0 radical (unpaired) electrons. The van der Waals surface area contributed by atoms with E-state index >= 15 is 0 Å². The number of amides is 1. The number of nitrogens with zero attached hydrogens (tertiary/aromatic N) is 4. The van der Waals surface area contributed by atoms with E-state index in [2.05, 4.69) is 20.9 Å². The second-order valence-electron chi connectivity index (χ2n) is 7.94. The van der Waals surface area contributed by atoms with Gasteiger partial charge in [0.05, 0.1) is 12.6 Å². The first-order valence-electron chi connectivity index (χ1n) is 11.0. The minimum atomic E-state index is -1.82. The Morgan fingerprint density at radius 3 is 2.26 bits per heavy atom. The van der Waals surface area contributed by atoms with Gasteiger partial charge in [0.25, 0.3) is 0 Å². The molecule has 1 saturated heterocycles. The largest absolute Gasteiger partial charge is 0.477 e. The molecule has 1 aromatic rings. The summed E-state index contributed by atoms with van der Waals surface area (Å²) in [6.45, 7) is 7.19. The van der Waals surface area contributed by atoms with E-state index in [0.29, 0.717) is 6.04 Å². The normalized spacial score (nSPS) is 17.5. The van der Waals surface area contributed by atoms with Crippen LogP contribution >= 0.6 is 0 Å². The zero-order valence-corrected chi connectivity index (χ0v) is 18.2. The Morgan fingerprint density at radius 1 is 1.03 bits per heavy atom. The number of hydrogen-bond donors (Lipinski definition) is 2. The van der Waals surface area contributed by atoms with Gasteiger partial charge in [0.15, 0.2) is 0 Å². The molecule has 3 rings (SSSR count). The van der Waals surface area contributed by atoms with Gasteiger partial charge in [-0.1, -0.05) is 19.3 Å². The lowest BCUT2D eigenvalue weighted by atomic mass is 9.96. The first kappa shape index (κ1) is 24.6. The van der Waals surface area contributed by atoms with Crippen molar-refractivity contribution in [2.45, 2.75) is 57.9 Å². The van der Waals surface area contributed by atoms with Gasteiger partial charge in [0, 0.05) is 45.4 Å². The van der Waals surface area contributed by atoms with Crippen LogP contribution in [0.2, 0.25) is 0 Å². The van der Waals surface area contributed by atoms with Gasteiger partial charge in [0.2, 0.25) is 11.8 Å². The van der Waals surface area contributed by atoms with Gasteiger partial charge < -0.3 is 19.8 Å². The first-order valence-corrected chi connectivity index (χ1v) is 11.0. The molecule has 1 aliphatic carbocycles. The molecule has 2 N–H and O–H groups in total. The molecular weight excluding hydrogens is 404 g/mol. The van der Waals surface area contributed by atoms with Crippen molar-refractivity contribution in [3.8, 4) is 5.88 Å². The van der Waals surface area contributed by atoms with Gasteiger partial charge in [-0.25, -0.2) is 9.59 Å². The van der Waals surface area contributed by atoms with Crippen LogP contribution in [0.5, 0.6) is 5.88 Å². The first-order chi connectivity index (χ1) is 14.9. The molecule has 2 fully saturated rings. The van der Waals surface area contributed by atoms with Crippen LogP contribution in [0.25, 0.3) is 0 Å². The average molecular weight is 439 g/mol. The van der Waals surface area contributed by atoms with Crippen LogP contribution in [0.1, 0.15) is 57.9 Å². The van der Waals surface area contributed by atoms with Gasteiger partial charge in [0.1, 0.15) is 0 Å². The molecule has 10 heteroatoms. The van der Waals surface area contributed by atoms with Gasteiger partial charge in [-0.15, -0.1) is 5.10 Å². The van der Waals surface area contributed by atoms with E-state index in [1.54, 1.807) is 6.92 Å². The van der Waals surface area contributed by atoms with Crippen LogP contribution in [-0.2, 0) is 14.4 Å². The predicted molar refractivity (Wildman–Crippen MR) is 113 cm³/mol. The second kappa shape index (κ2) is 12.9. The Morgan fingerprint density at radius 2 is 1.68 bits per heavy atom. The van der Waals surface area contributed by atoms with E-state index < -0.39 is 11.9 Å². The third kappa shape index (κ3) is 8.95. The molecule has 1 aromatic heterocycles. The molecule has 0 spiro atoms. The molecule has 1 aliphatic heterocycles. The van der Waals surface area contributed by atoms with Gasteiger partial charge in [-0.2, -0.15) is 0 Å². The molecular formula is C21H34N4O6. The number of rotatable bonds is 7. The summed E-state index contributed by atoms with van der Waals surface area (Å²) in [5, 5.41) is 19.4. The van der Waals surface area contributed by atoms with Crippen LogP contribution in [0.4, 0.5) is 0 Å². The maximum atomic E-state index is 11.3. The van der Waals surface area contributed by atoms with Gasteiger partial charge in [-0.05, 0) is 32.2 Å². The van der Waals surface area contributed by atoms with E-state index in [1.807, 2.05) is 11.0 Å². The molecule has 10 nitrogen and oxygen atoms in total. The lowest BCUT2D eigenvalue weighted by molar-refractivity contribution is -0.159. The topological polar surface area (TPSA) is 125 Å². The highest BCUT2D eigenvalue weighted by molar-refractivity contribution is 6.27. The number of hydrogen-bond acceptors (Lipinski definition) is 6. The summed E-state index contributed by atoms with van der Waals surface area (Å²) in [5.74, 6) is -2.69. The van der Waals surface area contributed by atoms with Gasteiger partial charge in [-0.3, -0.25) is 14.4 Å². The van der Waals surface area contributed by atoms with E-state index in [-0.39, 0.29) is 5.91 Å². The van der Waals surface area contributed by atoms with Crippen LogP contribution in [-0.4, -0.2) is 87.0 Å². The van der Waals surface area contributed by atoms with Crippen LogP contribution in [0, 0.1) is 0 Å². The Labute approximate surface area is 182 Å². The fraction of sp³-hybridized carbons (Fsp3) is 0.714. The molecule has 1 amide bonds. The maximum Gasteiger partial charge on any atom is 0.414 e. The lowest BCUT2D eigenvalue weighted by Crippen LogP contribution is -2.48. The Kier molecular flexibility index (Phi) is 10.3. The minimum Gasteiger partial charge on any atom is -0.477 e. The molecule has 0 aromatic carbocycles. The second-order valence-corrected chi connectivity index (χ2v) is 7.94. The number of carboxylic acid groups (broad SMARTS) is 2. The molecule has 174 valence electrons. The number of carbonyl (C=O) groups excluding carboxylic acids is 1. The Hall–Kier alpha value is -2.62. The summed E-state index contributed by atoms with van der Waals surface area (Å²) in [6, 6.07) is 2.56. The number of aliphatic carboxylic acids is 2. The van der Waals surface area contributed by atoms with E-state index in [4.69, 9.17) is 24.5 Å². The number of carboxylic acids is 2. The summed E-state index contributed by atoms with van der Waals surface area (Å²) in [4.78, 5) is 33.9. The van der Waals surface area contributed by atoms with E-state index in [9.17, 15) is 4.79 Å². The molecule has 0 unspecified atom stereocenters. The fourth-order valence-electron chi connectivity index (χ4n) is 3.85. The number of piperazine rings is 1. The zero-order valence-electron chi connectivity index (χ0n) is 18.2. The number of ether oxygens (including phenoxy) is 1. The Bertz CT molecular complexity index is 696. The highest BCUT2D eigenvalue weighted by Gasteiger charge is 2.18. The molecule has 2 heterocycles. The number of carbonyl (C=O) groups is 3. The standard InChI is InChI=1S/C19H32N4O2.C2H2O4/c1-17(24)22-14-12-21(13-15-22)10-5-6-16-25-19-9-11-23(20-19)18-7-3-2-4-8-18;3-1(4)2(5)6/h9,11,18H,2-8,10,12-16H2,1H3;(H,3,4)(H,5,6). The number of unbranched alkanes of at least 4 members (excludes halogenated alkanes) is 1. The highest BCUT2D eigenvalue weighted by atomic mass is 16.5. The van der Waals surface area contributed by atoms with Crippen LogP contribution < -0.4 is 4.74 Å². The van der Waals surface area contributed by atoms with Crippen molar-refractivity contribution in [2.75, 3.05) is 39.3 Å². The van der Waals surface area contributed by atoms with E-state index in [1.165, 1.54) is 32.1 Å². The number of aromatic nitrogens is 2. The van der Waals surface area contributed by atoms with Crippen molar-refractivity contribution in [1.82, 2.24) is 19.6 Å². The average Bonchev–Trinajstić information content (AvgIpc) is 3.24. The van der Waals surface area contributed by atoms with Crippen molar-refractivity contribution in [1.29, 1.82) is 0 Å². The van der Waals surface area contributed by atoms with E-state index in [0.717, 1.165) is 58.1 Å². The molecule has 1 saturated carbocycles. The summed E-state index contributed by atoms with van der Waals surface area (Å²) < 4.78 is 7.91. The summed E-state index contributed by atoms with van der Waals surface area (Å²) in [5.41, 5.74) is 0. The van der Waals surface area contributed by atoms with Crippen molar-refractivity contribution in [2.24, 2.45) is 0 Å². The smallest absolute Gasteiger partial charge is 0.414 e. The fourth-order valence-corrected chi connectivity index (χ4v) is 3.85. The minimum absolute atomic E-state index is 0.195. The van der Waals surface area contributed by atoms with Crippen molar-refractivity contribution < 1.29 is 29.3 Å². The molecule has 0 atom stereocenters. The van der Waals surface area contributed by atoms with Crippen LogP contribution in [0.3, 0.4) is 0 Å². The summed E-state index contributed by atoms with van der Waals surface area (Å²) in [6.07, 6.45) is 10.7. The quantitative estimate of drug-likeness (QED) is 0.488. The van der Waals surface area contributed by atoms with Crippen molar-refractivity contribution >= 4 is 17.8 Å². The molecule has 0 bridgehead atoms. The Balaban J connectivity index is 0.000000501. The monoisotopic (exact) mass is 438 g/mol. The summed E-state index contributed by atoms with van der Waals surface area (Å²) >= 11 is 0. The van der Waals surface area contributed by atoms with Crippen molar-refractivity contribution in [3.63, 3.8) is 0 Å². The maximum absolute atomic E-state index is 11.3. The van der Waals surface area contributed by atoms with Crippen LogP contribution in [0.15, 0.2) is 12.3 Å². The molecule has 31 heavy (non-hydrogen) atoms. The third-order valence-corrected chi connectivity index (χ3v) is 5.65. The zero-order chi connectivity index (χ0) is 22.6. The highest BCUT2D eigenvalue weighted by Crippen LogP contribution is 2.28. The molecule has 2 aliphatic rings. The third-order valence-electron chi connectivity index (χ3n) is 5.65. The SMILES string of the molecule is CC(=O)N1CCN(CCCCOc2ccn(C3CCCCC3)n2)CC1.O=C(O)C(=O)O. The van der Waals surface area contributed by atoms with Crippen molar-refractivity contribution in [3.05, 3.63) is 12.3 Å². The lowest BCUT2D eigenvalue weighted by Gasteiger charge is -2.34. The predicted octanol–water partition coefficient (Wildman–Crippen LogP) is 1.87.